The van der Waals surface area contributed by atoms with Gasteiger partial charge in [0.25, 0.3) is 0 Å². The first-order chi connectivity index (χ1) is 6.76. The lowest BCUT2D eigenvalue weighted by Crippen LogP contribution is -2.40. The van der Waals surface area contributed by atoms with Crippen molar-refractivity contribution in [2.75, 3.05) is 11.5 Å². The Bertz CT molecular complexity index is 215. The van der Waals surface area contributed by atoms with Crippen LogP contribution in [0.15, 0.2) is 0 Å². The van der Waals surface area contributed by atoms with Gasteiger partial charge in [-0.25, -0.2) is 0 Å². The summed E-state index contributed by atoms with van der Waals surface area (Å²) in [5.74, 6) is 2.17. The molecule has 2 fully saturated rings. The van der Waals surface area contributed by atoms with Crippen LogP contribution in [0.1, 0.15) is 38.5 Å². The first-order valence-corrected chi connectivity index (χ1v) is 6.72. The van der Waals surface area contributed by atoms with Gasteiger partial charge in [0, 0.05) is 0 Å². The number of aliphatic carboxylic acids is 1. The van der Waals surface area contributed by atoms with Gasteiger partial charge in [0.15, 0.2) is 0 Å². The molecule has 0 aromatic heterocycles. The molecule has 80 valence electrons. The van der Waals surface area contributed by atoms with E-state index in [0.717, 1.165) is 37.9 Å². The van der Waals surface area contributed by atoms with Crippen LogP contribution in [0, 0.1) is 11.3 Å². The van der Waals surface area contributed by atoms with Gasteiger partial charge in [-0.3, -0.25) is 4.79 Å². The van der Waals surface area contributed by atoms with Crippen LogP contribution in [0.4, 0.5) is 0 Å². The van der Waals surface area contributed by atoms with Crippen molar-refractivity contribution >= 4 is 17.7 Å². The molecule has 2 aliphatic rings. The molecule has 0 amide bonds. The third kappa shape index (κ3) is 1.67. The van der Waals surface area contributed by atoms with E-state index < -0.39 is 5.97 Å². The number of carboxylic acids is 1. The second-order valence-electron chi connectivity index (χ2n) is 4.58. The highest BCUT2D eigenvalue weighted by Gasteiger charge is 2.47. The molecular formula is C11H18O2S. The minimum atomic E-state index is -0.523. The molecule has 1 heterocycles. The molecule has 0 bridgehead atoms. The number of hydrogen-bond acceptors (Lipinski definition) is 2. The van der Waals surface area contributed by atoms with E-state index in [0.29, 0.717) is 5.92 Å². The molecule has 1 aliphatic heterocycles. The van der Waals surface area contributed by atoms with Crippen molar-refractivity contribution < 1.29 is 9.90 Å². The van der Waals surface area contributed by atoms with Crippen molar-refractivity contribution in [2.24, 2.45) is 11.3 Å². The summed E-state index contributed by atoms with van der Waals surface area (Å²) < 4.78 is 0. The largest absolute Gasteiger partial charge is 0.481 e. The molecule has 0 spiro atoms. The average molecular weight is 214 g/mol. The minimum absolute atomic E-state index is 0.345. The van der Waals surface area contributed by atoms with Crippen LogP contribution in [-0.2, 0) is 4.79 Å². The summed E-state index contributed by atoms with van der Waals surface area (Å²) in [6.07, 6.45) is 6.44. The van der Waals surface area contributed by atoms with E-state index in [-0.39, 0.29) is 5.41 Å². The summed E-state index contributed by atoms with van der Waals surface area (Å²) in [6.45, 7) is 0. The number of hydrogen-bond donors (Lipinski definition) is 1. The molecule has 1 saturated carbocycles. The van der Waals surface area contributed by atoms with Gasteiger partial charge < -0.3 is 5.11 Å². The van der Waals surface area contributed by atoms with E-state index in [1.807, 2.05) is 11.8 Å². The molecule has 1 saturated heterocycles. The van der Waals surface area contributed by atoms with Gasteiger partial charge in [0.1, 0.15) is 0 Å². The molecule has 1 atom stereocenters. The van der Waals surface area contributed by atoms with E-state index >= 15 is 0 Å². The summed E-state index contributed by atoms with van der Waals surface area (Å²) in [7, 11) is 0. The van der Waals surface area contributed by atoms with E-state index in [1.54, 1.807) is 0 Å². The summed E-state index contributed by atoms with van der Waals surface area (Å²) >= 11 is 1.93. The number of carbonyl (C=O) groups is 1. The summed E-state index contributed by atoms with van der Waals surface area (Å²) in [5, 5.41) is 9.44. The first kappa shape index (κ1) is 10.3. The van der Waals surface area contributed by atoms with Crippen molar-refractivity contribution in [3.8, 4) is 0 Å². The Hall–Kier alpha value is -0.180. The Morgan fingerprint density at radius 2 is 2.00 bits per heavy atom. The zero-order valence-electron chi connectivity index (χ0n) is 8.50. The predicted molar refractivity (Wildman–Crippen MR) is 58.6 cm³/mol. The monoisotopic (exact) mass is 214 g/mol. The van der Waals surface area contributed by atoms with Gasteiger partial charge in [-0.1, -0.05) is 19.3 Å². The van der Waals surface area contributed by atoms with Crippen LogP contribution < -0.4 is 0 Å². The smallest absolute Gasteiger partial charge is 0.309 e. The second-order valence-corrected chi connectivity index (χ2v) is 5.73. The molecular weight excluding hydrogens is 196 g/mol. The highest BCUT2D eigenvalue weighted by molar-refractivity contribution is 7.99. The minimum Gasteiger partial charge on any atom is -0.481 e. The highest BCUT2D eigenvalue weighted by atomic mass is 32.2. The lowest BCUT2D eigenvalue weighted by Gasteiger charge is -2.38. The van der Waals surface area contributed by atoms with Gasteiger partial charge in [-0.05, 0) is 36.7 Å². The summed E-state index contributed by atoms with van der Waals surface area (Å²) in [5.41, 5.74) is -0.345. The first-order valence-electron chi connectivity index (χ1n) is 5.57. The predicted octanol–water partition coefficient (Wildman–Crippen LogP) is 2.77. The van der Waals surface area contributed by atoms with Gasteiger partial charge in [0.2, 0.25) is 0 Å². The number of rotatable bonds is 2. The van der Waals surface area contributed by atoms with Gasteiger partial charge in [-0.15, -0.1) is 0 Å². The number of carboxylic acid groups (broad SMARTS) is 1. The van der Waals surface area contributed by atoms with E-state index in [9.17, 15) is 9.90 Å². The Labute approximate surface area is 89.5 Å². The quantitative estimate of drug-likeness (QED) is 0.768. The third-order valence-corrected chi connectivity index (χ3v) is 5.05. The fraction of sp³-hybridized carbons (Fsp3) is 0.909. The molecule has 2 rings (SSSR count). The Morgan fingerprint density at radius 3 is 2.50 bits per heavy atom. The van der Waals surface area contributed by atoms with Crippen LogP contribution in [0.3, 0.4) is 0 Å². The lowest BCUT2D eigenvalue weighted by molar-refractivity contribution is -0.154. The van der Waals surface area contributed by atoms with E-state index in [4.69, 9.17) is 0 Å². The summed E-state index contributed by atoms with van der Waals surface area (Å²) in [4.78, 5) is 11.5. The van der Waals surface area contributed by atoms with Crippen molar-refractivity contribution in [1.29, 1.82) is 0 Å². The fourth-order valence-corrected chi connectivity index (χ4v) is 4.34. The molecule has 0 aromatic carbocycles. The number of thioether (sulfide) groups is 1. The van der Waals surface area contributed by atoms with Crippen LogP contribution in [-0.4, -0.2) is 22.6 Å². The molecule has 1 unspecified atom stereocenters. The maximum absolute atomic E-state index is 11.5. The van der Waals surface area contributed by atoms with E-state index in [1.165, 1.54) is 12.2 Å². The van der Waals surface area contributed by atoms with Crippen LogP contribution in [0.25, 0.3) is 0 Å². The molecule has 3 heteroatoms. The molecule has 0 aromatic rings. The van der Waals surface area contributed by atoms with E-state index in [2.05, 4.69) is 0 Å². The standard InChI is InChI=1S/C11H18O2S/c12-10(13)11(5-2-1-3-6-11)9-4-7-14-8-9/h9H,1-8H2,(H,12,13). The molecule has 0 radical (unpaired) electrons. The topological polar surface area (TPSA) is 37.3 Å². The zero-order valence-corrected chi connectivity index (χ0v) is 9.31. The molecule has 1 N–H and O–H groups in total. The highest BCUT2D eigenvalue weighted by Crippen LogP contribution is 2.48. The second kappa shape index (κ2) is 4.13. The van der Waals surface area contributed by atoms with Gasteiger partial charge in [-0.2, -0.15) is 11.8 Å². The zero-order chi connectivity index (χ0) is 10.0. The van der Waals surface area contributed by atoms with Crippen molar-refractivity contribution in [2.45, 2.75) is 38.5 Å². The molecule has 14 heavy (non-hydrogen) atoms. The van der Waals surface area contributed by atoms with Crippen molar-refractivity contribution in [3.05, 3.63) is 0 Å². The lowest BCUT2D eigenvalue weighted by atomic mass is 9.65. The fourth-order valence-electron chi connectivity index (χ4n) is 2.95. The van der Waals surface area contributed by atoms with Crippen LogP contribution in [0.5, 0.6) is 0 Å². The van der Waals surface area contributed by atoms with Crippen LogP contribution in [0.2, 0.25) is 0 Å². The Balaban J connectivity index is 2.15. The molecule has 2 nitrogen and oxygen atoms in total. The third-order valence-electron chi connectivity index (χ3n) is 3.88. The Kier molecular flexibility index (Phi) is 3.05. The van der Waals surface area contributed by atoms with Crippen LogP contribution >= 0.6 is 11.8 Å². The maximum Gasteiger partial charge on any atom is 0.309 e. The normalized spacial score (nSPS) is 31.6. The maximum atomic E-state index is 11.5. The van der Waals surface area contributed by atoms with Crippen molar-refractivity contribution in [3.63, 3.8) is 0 Å². The average Bonchev–Trinajstić information content (AvgIpc) is 2.72. The Morgan fingerprint density at radius 1 is 1.29 bits per heavy atom. The summed E-state index contributed by atoms with van der Waals surface area (Å²) in [6, 6.07) is 0. The van der Waals surface area contributed by atoms with Crippen molar-refractivity contribution in [1.82, 2.24) is 0 Å². The SMILES string of the molecule is O=C(O)C1(C2CCSC2)CCCCC1. The molecule has 1 aliphatic carbocycles. The van der Waals surface area contributed by atoms with Gasteiger partial charge in [0.05, 0.1) is 5.41 Å². The van der Waals surface area contributed by atoms with Gasteiger partial charge >= 0.3 is 5.97 Å².